The van der Waals surface area contributed by atoms with E-state index in [1.54, 1.807) is 18.2 Å². The zero-order valence-electron chi connectivity index (χ0n) is 12.1. The first-order chi connectivity index (χ1) is 9.30. The van der Waals surface area contributed by atoms with Gasteiger partial charge in [-0.3, -0.25) is 0 Å². The molecule has 5 nitrogen and oxygen atoms in total. The predicted octanol–water partition coefficient (Wildman–Crippen LogP) is 1.50. The van der Waals surface area contributed by atoms with Gasteiger partial charge in [0.2, 0.25) is 10.0 Å². The number of sulfonamides is 1. The highest BCUT2D eigenvalue weighted by molar-refractivity contribution is 7.89. The Hall–Kier alpha value is -0.950. The lowest BCUT2D eigenvalue weighted by Gasteiger charge is -2.34. The van der Waals surface area contributed by atoms with Gasteiger partial charge >= 0.3 is 0 Å². The van der Waals surface area contributed by atoms with Crippen molar-refractivity contribution in [2.24, 2.45) is 5.73 Å². The van der Waals surface area contributed by atoms with Gasteiger partial charge < -0.3 is 10.5 Å². The average molecular weight is 298 g/mol. The van der Waals surface area contributed by atoms with Crippen molar-refractivity contribution in [2.45, 2.75) is 43.9 Å². The van der Waals surface area contributed by atoms with Crippen LogP contribution >= 0.6 is 0 Å². The predicted molar refractivity (Wildman–Crippen MR) is 77.8 cm³/mol. The van der Waals surface area contributed by atoms with Gasteiger partial charge in [0.1, 0.15) is 0 Å². The summed E-state index contributed by atoms with van der Waals surface area (Å²) in [7, 11) is -3.49. The van der Waals surface area contributed by atoms with Crippen LogP contribution in [0.15, 0.2) is 29.2 Å². The Balaban J connectivity index is 2.32. The molecule has 1 aliphatic heterocycles. The second kappa shape index (κ2) is 5.81. The molecule has 2 rings (SSSR count). The van der Waals surface area contributed by atoms with Gasteiger partial charge in [0, 0.05) is 19.1 Å². The number of nitrogens with two attached hydrogens (primary N) is 1. The molecule has 1 fully saturated rings. The van der Waals surface area contributed by atoms with Gasteiger partial charge in [0.25, 0.3) is 0 Å². The van der Waals surface area contributed by atoms with Gasteiger partial charge in [-0.25, -0.2) is 8.42 Å². The fourth-order valence-corrected chi connectivity index (χ4v) is 4.08. The monoisotopic (exact) mass is 298 g/mol. The average Bonchev–Trinajstić information content (AvgIpc) is 2.37. The minimum absolute atomic E-state index is 0.0925. The molecule has 0 saturated carbocycles. The van der Waals surface area contributed by atoms with Crippen molar-refractivity contribution >= 4 is 10.0 Å². The van der Waals surface area contributed by atoms with E-state index >= 15 is 0 Å². The summed E-state index contributed by atoms with van der Waals surface area (Å²) in [6.07, 6.45) is -0.185. The van der Waals surface area contributed by atoms with Crippen LogP contribution in [0.2, 0.25) is 0 Å². The number of benzene rings is 1. The first-order valence-electron chi connectivity index (χ1n) is 6.82. The Morgan fingerprint density at radius 1 is 1.30 bits per heavy atom. The van der Waals surface area contributed by atoms with E-state index in [4.69, 9.17) is 10.5 Å². The van der Waals surface area contributed by atoms with Crippen molar-refractivity contribution in [3.63, 3.8) is 0 Å². The summed E-state index contributed by atoms with van der Waals surface area (Å²) in [5, 5.41) is 0. The SMILES string of the molecule is CC1CN(S(=O)(=O)c2cccc(C(C)N)c2)CC(C)O1. The van der Waals surface area contributed by atoms with E-state index in [1.807, 2.05) is 26.8 Å². The van der Waals surface area contributed by atoms with Crippen LogP contribution in [-0.4, -0.2) is 38.0 Å². The van der Waals surface area contributed by atoms with E-state index in [0.717, 1.165) is 5.56 Å². The van der Waals surface area contributed by atoms with Crippen LogP contribution in [0.1, 0.15) is 32.4 Å². The van der Waals surface area contributed by atoms with E-state index in [2.05, 4.69) is 0 Å². The zero-order chi connectivity index (χ0) is 14.9. The highest BCUT2D eigenvalue weighted by atomic mass is 32.2. The molecule has 0 aliphatic carbocycles. The van der Waals surface area contributed by atoms with Gasteiger partial charge in [-0.2, -0.15) is 4.31 Å². The van der Waals surface area contributed by atoms with E-state index < -0.39 is 10.0 Å². The Kier molecular flexibility index (Phi) is 4.49. The molecule has 1 aromatic carbocycles. The molecule has 1 heterocycles. The van der Waals surface area contributed by atoms with Crippen LogP contribution < -0.4 is 5.73 Å². The van der Waals surface area contributed by atoms with Crippen LogP contribution in [0.5, 0.6) is 0 Å². The van der Waals surface area contributed by atoms with Crippen molar-refractivity contribution in [3.05, 3.63) is 29.8 Å². The maximum absolute atomic E-state index is 12.7. The fourth-order valence-electron chi connectivity index (χ4n) is 2.43. The summed E-state index contributed by atoms with van der Waals surface area (Å²) in [6, 6.07) is 6.66. The van der Waals surface area contributed by atoms with E-state index in [0.29, 0.717) is 18.0 Å². The second-order valence-corrected chi connectivity index (χ2v) is 7.38. The van der Waals surface area contributed by atoms with Crippen LogP contribution in [0.25, 0.3) is 0 Å². The standard InChI is InChI=1S/C14H22N2O3S/c1-10-8-16(9-11(2)19-10)20(17,18)14-6-4-5-13(7-14)12(3)15/h4-7,10-12H,8-9,15H2,1-3H3. The number of hydrogen-bond donors (Lipinski definition) is 1. The number of morpholine rings is 1. The third kappa shape index (κ3) is 3.20. The summed E-state index contributed by atoms with van der Waals surface area (Å²) in [6.45, 7) is 6.38. The first-order valence-corrected chi connectivity index (χ1v) is 8.26. The normalized spacial score (nSPS) is 26.4. The smallest absolute Gasteiger partial charge is 0.243 e. The number of ether oxygens (including phenoxy) is 1. The Bertz CT molecular complexity index is 562. The third-order valence-corrected chi connectivity index (χ3v) is 5.24. The lowest BCUT2D eigenvalue weighted by molar-refractivity contribution is -0.0440. The van der Waals surface area contributed by atoms with Crippen molar-refractivity contribution in [1.29, 1.82) is 0 Å². The van der Waals surface area contributed by atoms with Crippen molar-refractivity contribution in [3.8, 4) is 0 Å². The molecular formula is C14H22N2O3S. The first kappa shape index (κ1) is 15.4. The van der Waals surface area contributed by atoms with Gasteiger partial charge in [-0.1, -0.05) is 12.1 Å². The number of rotatable bonds is 3. The van der Waals surface area contributed by atoms with Crippen LogP contribution in [0.3, 0.4) is 0 Å². The lowest BCUT2D eigenvalue weighted by Crippen LogP contribution is -2.48. The molecule has 1 aromatic rings. The molecule has 3 unspecified atom stereocenters. The molecule has 2 N–H and O–H groups in total. The summed E-state index contributed by atoms with van der Waals surface area (Å²) >= 11 is 0. The third-order valence-electron chi connectivity index (χ3n) is 3.41. The quantitative estimate of drug-likeness (QED) is 0.918. The van der Waals surface area contributed by atoms with E-state index in [-0.39, 0.29) is 18.2 Å². The maximum Gasteiger partial charge on any atom is 0.243 e. The molecule has 3 atom stereocenters. The molecule has 0 radical (unpaired) electrons. The molecular weight excluding hydrogens is 276 g/mol. The molecule has 1 saturated heterocycles. The highest BCUT2D eigenvalue weighted by Crippen LogP contribution is 2.23. The Labute approximate surface area is 120 Å². The van der Waals surface area contributed by atoms with E-state index in [1.165, 1.54) is 4.31 Å². The molecule has 0 aromatic heterocycles. The van der Waals surface area contributed by atoms with Gasteiger partial charge in [-0.05, 0) is 38.5 Å². The summed E-state index contributed by atoms with van der Waals surface area (Å²) in [4.78, 5) is 0.300. The van der Waals surface area contributed by atoms with Crippen molar-refractivity contribution in [2.75, 3.05) is 13.1 Å². The zero-order valence-corrected chi connectivity index (χ0v) is 12.9. The largest absolute Gasteiger partial charge is 0.373 e. The molecule has 20 heavy (non-hydrogen) atoms. The van der Waals surface area contributed by atoms with Gasteiger partial charge in [0.05, 0.1) is 17.1 Å². The second-order valence-electron chi connectivity index (χ2n) is 5.44. The molecule has 0 spiro atoms. The minimum Gasteiger partial charge on any atom is -0.373 e. The van der Waals surface area contributed by atoms with Crippen LogP contribution in [0.4, 0.5) is 0 Å². The molecule has 0 amide bonds. The van der Waals surface area contributed by atoms with Gasteiger partial charge in [0.15, 0.2) is 0 Å². The summed E-state index contributed by atoms with van der Waals surface area (Å²) in [5.74, 6) is 0. The molecule has 1 aliphatic rings. The highest BCUT2D eigenvalue weighted by Gasteiger charge is 2.32. The summed E-state index contributed by atoms with van der Waals surface area (Å²) < 4.78 is 32.4. The van der Waals surface area contributed by atoms with Crippen LogP contribution in [-0.2, 0) is 14.8 Å². The summed E-state index contributed by atoms with van der Waals surface area (Å²) in [5.41, 5.74) is 6.64. The maximum atomic E-state index is 12.7. The Morgan fingerprint density at radius 2 is 1.90 bits per heavy atom. The molecule has 112 valence electrons. The van der Waals surface area contributed by atoms with Crippen molar-refractivity contribution < 1.29 is 13.2 Å². The Morgan fingerprint density at radius 3 is 2.45 bits per heavy atom. The molecule has 0 bridgehead atoms. The van der Waals surface area contributed by atoms with Gasteiger partial charge in [-0.15, -0.1) is 0 Å². The fraction of sp³-hybridized carbons (Fsp3) is 0.571. The minimum atomic E-state index is -3.49. The van der Waals surface area contributed by atoms with Crippen LogP contribution in [0, 0.1) is 0 Å². The number of hydrogen-bond acceptors (Lipinski definition) is 4. The number of nitrogens with zero attached hydrogens (tertiary/aromatic N) is 1. The topological polar surface area (TPSA) is 72.6 Å². The lowest BCUT2D eigenvalue weighted by atomic mass is 10.1. The van der Waals surface area contributed by atoms with E-state index in [9.17, 15) is 8.42 Å². The van der Waals surface area contributed by atoms with Crippen molar-refractivity contribution in [1.82, 2.24) is 4.31 Å². The molecule has 6 heteroatoms.